The van der Waals surface area contributed by atoms with Crippen LogP contribution in [0.5, 0.6) is 0 Å². The van der Waals surface area contributed by atoms with Crippen LogP contribution in [0, 0.1) is 50.4 Å². The van der Waals surface area contributed by atoms with Crippen LogP contribution in [0.3, 0.4) is 0 Å². The Morgan fingerprint density at radius 2 is 0.582 bits per heavy atom. The molecule has 4 aromatic heterocycles. The first-order chi connectivity index (χ1) is 48.3. The van der Waals surface area contributed by atoms with E-state index in [1.54, 1.807) is 0 Å². The molecule has 8 aromatic carbocycles. The smallest absolute Gasteiger partial charge is 0.200 e. The number of pyridine rings is 4. The number of benzene rings is 8. The van der Waals surface area contributed by atoms with Crippen LogP contribution in [0.25, 0.3) is 89.5 Å². The number of hydrogen-bond acceptors (Lipinski definition) is 0. The molecule has 0 unspecified atom stereocenters. The molecule has 500 valence electrons. The highest BCUT2D eigenvalue weighted by Crippen LogP contribution is 2.32. The van der Waals surface area contributed by atoms with Crippen LogP contribution in [-0.4, -0.2) is 0 Å². The SMILES string of the molecule is Cc1ccccc1-c1ccc(-c2cccc(CC(C)(C)C)c2)c[n+]1C.Cc1ccccc1-c1ccc(-c2cccc(CC(C)C)c2)c[n+]1C.[2H]C([2H])(c1cccc(-c2ccc(-c3ccccc3C)[n+](C)c2)c1)C(C)(C)C.[2H]C([2H])(c1cccc(-c2ccc(-c3ccccc3C)[n+](C)c2)c1)C(C)C. The Morgan fingerprint density at radius 3 is 0.878 bits per heavy atom. The fraction of sp³-hybridized carbons (Fsp3) is 0.277. The summed E-state index contributed by atoms with van der Waals surface area (Å²) in [6.07, 6.45) is 8.19. The third-order valence-corrected chi connectivity index (χ3v) is 17.5. The van der Waals surface area contributed by atoms with Gasteiger partial charge in [0.2, 0.25) is 22.8 Å². The van der Waals surface area contributed by atoms with E-state index in [0.29, 0.717) is 11.3 Å². The largest absolute Gasteiger partial charge is 0.212 e. The Balaban J connectivity index is 0.000000158. The Bertz CT molecular complexity index is 4850. The predicted molar refractivity (Wildman–Crippen MR) is 416 cm³/mol. The molecule has 0 aliphatic rings. The molecule has 4 nitrogen and oxygen atoms in total. The zero-order valence-electron chi connectivity index (χ0n) is 65.8. The minimum atomic E-state index is -1.40. The topological polar surface area (TPSA) is 15.5 Å². The molecule has 4 heteroatoms. The van der Waals surface area contributed by atoms with Gasteiger partial charge in [0, 0.05) is 74.3 Å². The quantitative estimate of drug-likeness (QED) is 0.0965. The Hall–Kier alpha value is -9.64. The molecule has 12 aromatic rings. The zero-order chi connectivity index (χ0) is 73.8. The van der Waals surface area contributed by atoms with Crippen LogP contribution in [0.4, 0.5) is 0 Å². The second-order valence-electron chi connectivity index (χ2n) is 29.5. The second kappa shape index (κ2) is 33.1. The van der Waals surface area contributed by atoms with E-state index < -0.39 is 18.2 Å². The summed E-state index contributed by atoms with van der Waals surface area (Å²) in [5.74, 6) is 0.608. The molecule has 0 atom stereocenters. The maximum Gasteiger partial charge on any atom is 0.212 e. The Kier molecular flexibility index (Phi) is 22.6. The molecule has 0 saturated heterocycles. The normalized spacial score (nSPS) is 12.2. The van der Waals surface area contributed by atoms with Gasteiger partial charge in [-0.05, 0) is 191 Å². The maximum atomic E-state index is 8.55. The molecule has 0 radical (unpaired) electrons. The zero-order valence-corrected chi connectivity index (χ0v) is 61.8. The van der Waals surface area contributed by atoms with E-state index in [-0.39, 0.29) is 5.92 Å². The highest BCUT2D eigenvalue weighted by Gasteiger charge is 2.20. The van der Waals surface area contributed by atoms with Gasteiger partial charge in [0.15, 0.2) is 24.8 Å². The number of aryl methyl sites for hydroxylation is 8. The van der Waals surface area contributed by atoms with Gasteiger partial charge in [-0.25, -0.2) is 18.3 Å². The van der Waals surface area contributed by atoms with Crippen molar-refractivity contribution in [1.29, 1.82) is 0 Å². The molecule has 4 heterocycles. The van der Waals surface area contributed by atoms with Crippen molar-refractivity contribution in [3.63, 3.8) is 0 Å². The lowest BCUT2D eigenvalue weighted by atomic mass is 9.87. The van der Waals surface area contributed by atoms with Crippen LogP contribution in [-0.2, 0) is 53.8 Å². The fourth-order valence-corrected chi connectivity index (χ4v) is 12.8. The van der Waals surface area contributed by atoms with Crippen molar-refractivity contribution in [1.82, 2.24) is 0 Å². The van der Waals surface area contributed by atoms with E-state index in [0.717, 1.165) is 51.9 Å². The van der Waals surface area contributed by atoms with Gasteiger partial charge >= 0.3 is 0 Å². The van der Waals surface area contributed by atoms with Crippen molar-refractivity contribution in [2.75, 3.05) is 0 Å². The van der Waals surface area contributed by atoms with Crippen LogP contribution in [0.15, 0.2) is 267 Å². The van der Waals surface area contributed by atoms with Gasteiger partial charge in [0.25, 0.3) is 0 Å². The van der Waals surface area contributed by atoms with E-state index in [4.69, 9.17) is 5.48 Å². The average Bonchev–Trinajstić information content (AvgIpc) is 0.794. The van der Waals surface area contributed by atoms with E-state index >= 15 is 0 Å². The summed E-state index contributed by atoms with van der Waals surface area (Å²) in [5.41, 5.74) is 28.4. The molecule has 0 fully saturated rings. The van der Waals surface area contributed by atoms with Gasteiger partial charge < -0.3 is 0 Å². The van der Waals surface area contributed by atoms with Crippen LogP contribution < -0.4 is 18.3 Å². The number of hydrogen-bond donors (Lipinski definition) is 0. The fourth-order valence-electron chi connectivity index (χ4n) is 12.8. The number of rotatable bonds is 14. The van der Waals surface area contributed by atoms with Crippen LogP contribution >= 0.6 is 0 Å². The molecule has 0 aliphatic carbocycles. The molecule has 0 N–H and O–H groups in total. The van der Waals surface area contributed by atoms with E-state index in [9.17, 15) is 0 Å². The summed E-state index contributed by atoms with van der Waals surface area (Å²) in [5, 5.41) is 0. The van der Waals surface area contributed by atoms with Crippen molar-refractivity contribution >= 4 is 0 Å². The van der Waals surface area contributed by atoms with Crippen molar-refractivity contribution < 1.29 is 23.8 Å². The maximum absolute atomic E-state index is 8.55. The van der Waals surface area contributed by atoms with Crippen molar-refractivity contribution in [3.05, 3.63) is 312 Å². The number of aromatic nitrogens is 4. The first-order valence-electron chi connectivity index (χ1n) is 36.9. The Labute approximate surface area is 595 Å². The molecule has 0 amide bonds. The van der Waals surface area contributed by atoms with Gasteiger partial charge in [0.1, 0.15) is 28.2 Å². The molecule has 0 spiro atoms. The second-order valence-corrected chi connectivity index (χ2v) is 29.5. The van der Waals surface area contributed by atoms with Gasteiger partial charge in [-0.15, -0.1) is 0 Å². The minimum Gasteiger partial charge on any atom is -0.200 e. The average molecular weight is 1300 g/mol. The molecule has 0 bridgehead atoms. The van der Waals surface area contributed by atoms with Crippen LogP contribution in [0.2, 0.25) is 0 Å². The number of nitrogens with zero attached hydrogens (tertiary/aromatic N) is 4. The summed E-state index contributed by atoms with van der Waals surface area (Å²) < 4.78 is 42.6. The van der Waals surface area contributed by atoms with Gasteiger partial charge in [-0.1, -0.05) is 239 Å². The standard InChI is InChI=1S/2C24H28N.2C23H26N/c2*1-18-9-6-7-12-22(18)23-14-13-21(17-25(23)5)20-11-8-10-19(15-20)16-24(2,3)4;2*1-17(2)14-19-9-7-10-20(15-19)21-12-13-23(24(4)16-21)22-11-6-5-8-18(22)3/h2*6-15,17H,16H2,1-5H3;2*5-13,15-17H,14H2,1-4H3/q4*+1/i16D2;;14D2;. The van der Waals surface area contributed by atoms with E-state index in [1.165, 1.54) is 95.0 Å². The monoisotopic (exact) mass is 1300 g/mol. The molecule has 0 saturated carbocycles. The summed E-state index contributed by atoms with van der Waals surface area (Å²) in [6, 6.07) is 84.9. The molecular weight excluding hydrogens is 1190 g/mol. The third-order valence-electron chi connectivity index (χ3n) is 17.5. The summed E-state index contributed by atoms with van der Waals surface area (Å²) in [4.78, 5) is 0. The lowest BCUT2D eigenvalue weighted by molar-refractivity contribution is -0.660. The first kappa shape index (κ1) is 67.0. The lowest BCUT2D eigenvalue weighted by Crippen LogP contribution is -2.30. The lowest BCUT2D eigenvalue weighted by Gasteiger charge is -2.18. The van der Waals surface area contributed by atoms with Crippen LogP contribution in [0.1, 0.15) is 119 Å². The van der Waals surface area contributed by atoms with Gasteiger partial charge in [0.05, 0.1) is 0 Å². The van der Waals surface area contributed by atoms with Crippen molar-refractivity contribution in [2.45, 2.75) is 123 Å². The summed E-state index contributed by atoms with van der Waals surface area (Å²) >= 11 is 0. The Morgan fingerprint density at radius 1 is 0.296 bits per heavy atom. The summed E-state index contributed by atoms with van der Waals surface area (Å²) in [6.45, 7) is 29.6. The van der Waals surface area contributed by atoms with Gasteiger partial charge in [-0.3, -0.25) is 0 Å². The van der Waals surface area contributed by atoms with Crippen molar-refractivity contribution in [2.24, 2.45) is 50.9 Å². The highest BCUT2D eigenvalue weighted by atomic mass is 14.9. The highest BCUT2D eigenvalue weighted by molar-refractivity contribution is 5.71. The minimum absolute atomic E-state index is 0.0720. The predicted octanol–water partition coefficient (Wildman–Crippen LogP) is 22.2. The van der Waals surface area contributed by atoms with Gasteiger partial charge in [-0.2, -0.15) is 0 Å². The van der Waals surface area contributed by atoms with E-state index in [1.807, 2.05) is 83.1 Å². The third kappa shape index (κ3) is 20.2. The molecular formula is C94H108N4+4. The molecule has 98 heavy (non-hydrogen) atoms. The van der Waals surface area contributed by atoms with Crippen molar-refractivity contribution in [3.8, 4) is 89.5 Å². The van der Waals surface area contributed by atoms with E-state index in [2.05, 4.69) is 328 Å². The summed E-state index contributed by atoms with van der Waals surface area (Å²) in [7, 11) is 8.37. The first-order valence-corrected chi connectivity index (χ1v) is 34.9. The molecule has 12 rings (SSSR count). The molecule has 0 aliphatic heterocycles.